The van der Waals surface area contributed by atoms with Gasteiger partial charge in [-0.2, -0.15) is 13.2 Å². The van der Waals surface area contributed by atoms with E-state index in [9.17, 15) is 27.9 Å². The van der Waals surface area contributed by atoms with E-state index in [0.717, 1.165) is 11.3 Å². The number of aromatic nitrogens is 1. The van der Waals surface area contributed by atoms with Crippen LogP contribution in [-0.4, -0.2) is 16.3 Å². The van der Waals surface area contributed by atoms with Gasteiger partial charge in [-0.1, -0.05) is 31.6 Å². The lowest BCUT2D eigenvalue weighted by Crippen LogP contribution is -2.15. The summed E-state index contributed by atoms with van der Waals surface area (Å²) in [6.45, 7) is 4.06. The number of fused-ring (bicyclic) bond motifs is 1. The van der Waals surface area contributed by atoms with Crippen molar-refractivity contribution in [3.63, 3.8) is 0 Å². The lowest BCUT2D eigenvalue weighted by Gasteiger charge is -2.19. The molecule has 0 aliphatic heterocycles. The first-order chi connectivity index (χ1) is 14.7. The molecule has 0 fully saturated rings. The van der Waals surface area contributed by atoms with E-state index in [2.05, 4.69) is 0 Å². The molecule has 0 unspecified atom stereocenters. The standard InChI is InChI=1S/C21H22F3NO5S/c1-3-6-12-9-14-15(21(22,23)24)10-17(27)30-19(14)13(4-2)18(12)29-8-5-7-25-16(26)11-31-20(25)28/h9-11,26H,3-8H2,1-2H3. The van der Waals surface area contributed by atoms with Gasteiger partial charge in [0.2, 0.25) is 5.88 Å². The number of benzene rings is 1. The van der Waals surface area contributed by atoms with Gasteiger partial charge in [0.1, 0.15) is 11.3 Å². The van der Waals surface area contributed by atoms with Gasteiger partial charge in [-0.05, 0) is 30.9 Å². The Labute approximate surface area is 179 Å². The minimum Gasteiger partial charge on any atom is -0.494 e. The summed E-state index contributed by atoms with van der Waals surface area (Å²) in [6, 6.07) is 1.86. The molecule has 6 nitrogen and oxygen atoms in total. The molecule has 1 N–H and O–H groups in total. The van der Waals surface area contributed by atoms with Crippen molar-refractivity contribution in [3.05, 3.63) is 54.3 Å². The van der Waals surface area contributed by atoms with Crippen molar-refractivity contribution in [2.75, 3.05) is 6.61 Å². The molecule has 1 aromatic carbocycles. The molecule has 168 valence electrons. The Morgan fingerprint density at radius 3 is 2.55 bits per heavy atom. The van der Waals surface area contributed by atoms with Crippen LogP contribution in [0, 0.1) is 0 Å². The van der Waals surface area contributed by atoms with Crippen LogP contribution in [0.3, 0.4) is 0 Å². The van der Waals surface area contributed by atoms with Crippen LogP contribution in [0.4, 0.5) is 13.2 Å². The molecule has 3 aromatic rings. The lowest BCUT2D eigenvalue weighted by molar-refractivity contribution is -0.136. The van der Waals surface area contributed by atoms with Crippen LogP contribution in [0.5, 0.6) is 11.6 Å². The maximum Gasteiger partial charge on any atom is 0.417 e. The van der Waals surface area contributed by atoms with Gasteiger partial charge < -0.3 is 14.3 Å². The van der Waals surface area contributed by atoms with E-state index in [4.69, 9.17) is 9.15 Å². The maximum absolute atomic E-state index is 13.5. The summed E-state index contributed by atoms with van der Waals surface area (Å²) in [4.78, 5) is 23.2. The van der Waals surface area contributed by atoms with Crippen LogP contribution in [-0.2, 0) is 25.6 Å². The van der Waals surface area contributed by atoms with Crippen LogP contribution in [0.25, 0.3) is 11.0 Å². The topological polar surface area (TPSA) is 81.7 Å². The zero-order chi connectivity index (χ0) is 22.8. The first kappa shape index (κ1) is 22.9. The third-order valence-electron chi connectivity index (χ3n) is 4.87. The normalized spacial score (nSPS) is 11.9. The first-order valence-corrected chi connectivity index (χ1v) is 10.7. The third-order valence-corrected chi connectivity index (χ3v) is 5.62. The van der Waals surface area contributed by atoms with E-state index < -0.39 is 17.4 Å². The Bertz CT molecular complexity index is 1190. The molecular weight excluding hydrogens is 435 g/mol. The third kappa shape index (κ3) is 4.79. The van der Waals surface area contributed by atoms with E-state index in [1.807, 2.05) is 6.92 Å². The number of aryl methyl sites for hydroxylation is 2. The van der Waals surface area contributed by atoms with Crippen molar-refractivity contribution in [1.82, 2.24) is 4.57 Å². The van der Waals surface area contributed by atoms with Gasteiger partial charge in [0.25, 0.3) is 0 Å². The molecule has 10 heteroatoms. The molecule has 0 atom stereocenters. The predicted molar refractivity (Wildman–Crippen MR) is 111 cm³/mol. The van der Waals surface area contributed by atoms with Gasteiger partial charge in [-0.25, -0.2) is 4.79 Å². The Morgan fingerprint density at radius 1 is 1.23 bits per heavy atom. The smallest absolute Gasteiger partial charge is 0.417 e. The van der Waals surface area contributed by atoms with Crippen LogP contribution in [0.15, 0.2) is 31.5 Å². The van der Waals surface area contributed by atoms with E-state index in [1.54, 1.807) is 6.92 Å². The number of hydrogen-bond donors (Lipinski definition) is 1. The minimum absolute atomic E-state index is 0.121. The van der Waals surface area contributed by atoms with E-state index >= 15 is 0 Å². The average Bonchev–Trinajstić information content (AvgIpc) is 3.02. The average molecular weight is 457 g/mol. The van der Waals surface area contributed by atoms with Crippen LogP contribution < -0.4 is 15.2 Å². The van der Waals surface area contributed by atoms with Gasteiger partial charge in [0.05, 0.1) is 17.6 Å². The molecule has 2 aromatic heterocycles. The SMILES string of the molecule is CCCc1cc2c(C(F)(F)F)cc(=O)oc2c(CC)c1OCCCn1c(O)csc1=O. The molecule has 0 bridgehead atoms. The van der Waals surface area contributed by atoms with Crippen LogP contribution in [0.2, 0.25) is 0 Å². The highest BCUT2D eigenvalue weighted by atomic mass is 32.1. The second-order valence-corrected chi connectivity index (χ2v) is 7.83. The summed E-state index contributed by atoms with van der Waals surface area (Å²) in [5.41, 5.74) is -1.22. The number of rotatable bonds is 8. The van der Waals surface area contributed by atoms with Gasteiger partial charge >= 0.3 is 16.7 Å². The Hall–Kier alpha value is -2.75. The zero-order valence-corrected chi connectivity index (χ0v) is 17.9. The summed E-state index contributed by atoms with van der Waals surface area (Å²) < 4.78 is 52.9. The summed E-state index contributed by atoms with van der Waals surface area (Å²) in [6.07, 6.45) is -2.83. The van der Waals surface area contributed by atoms with Crippen molar-refractivity contribution in [2.45, 2.75) is 52.3 Å². The number of ether oxygens (including phenoxy) is 1. The van der Waals surface area contributed by atoms with Gasteiger partial charge in [-0.15, -0.1) is 0 Å². The summed E-state index contributed by atoms with van der Waals surface area (Å²) in [5.74, 6) is 0.282. The monoisotopic (exact) mass is 457 g/mol. The molecule has 3 rings (SSSR count). The number of alkyl halides is 3. The molecule has 0 aliphatic rings. The van der Waals surface area contributed by atoms with E-state index in [0.29, 0.717) is 48.6 Å². The quantitative estimate of drug-likeness (QED) is 0.391. The largest absolute Gasteiger partial charge is 0.494 e. The molecule has 0 amide bonds. The number of halogens is 3. The highest BCUT2D eigenvalue weighted by Crippen LogP contribution is 2.39. The van der Waals surface area contributed by atoms with E-state index in [1.165, 1.54) is 16.0 Å². The van der Waals surface area contributed by atoms with Crippen molar-refractivity contribution >= 4 is 22.3 Å². The molecule has 0 radical (unpaired) electrons. The molecule has 0 saturated heterocycles. The van der Waals surface area contributed by atoms with Gasteiger partial charge in [0.15, 0.2) is 0 Å². The van der Waals surface area contributed by atoms with Crippen molar-refractivity contribution in [3.8, 4) is 11.6 Å². The molecule has 2 heterocycles. The minimum atomic E-state index is -4.69. The number of nitrogens with zero attached hydrogens (tertiary/aromatic N) is 1. The van der Waals surface area contributed by atoms with Crippen molar-refractivity contribution < 1.29 is 27.4 Å². The summed E-state index contributed by atoms with van der Waals surface area (Å²) in [7, 11) is 0. The highest BCUT2D eigenvalue weighted by Gasteiger charge is 2.35. The van der Waals surface area contributed by atoms with Gasteiger partial charge in [-0.3, -0.25) is 9.36 Å². The highest BCUT2D eigenvalue weighted by molar-refractivity contribution is 7.07. The van der Waals surface area contributed by atoms with Crippen LogP contribution in [0.1, 0.15) is 43.4 Å². The fourth-order valence-electron chi connectivity index (χ4n) is 3.52. The lowest BCUT2D eigenvalue weighted by atomic mass is 9.97. The molecular formula is C21H22F3NO5S. The second-order valence-electron chi connectivity index (χ2n) is 7.01. The molecule has 31 heavy (non-hydrogen) atoms. The molecule has 0 saturated carbocycles. The summed E-state index contributed by atoms with van der Waals surface area (Å²) in [5, 5.41) is 10.9. The summed E-state index contributed by atoms with van der Waals surface area (Å²) >= 11 is 0.889. The molecule has 0 spiro atoms. The fraction of sp³-hybridized carbons (Fsp3) is 0.429. The van der Waals surface area contributed by atoms with Crippen LogP contribution >= 0.6 is 11.3 Å². The first-order valence-electron chi connectivity index (χ1n) is 9.87. The Balaban J connectivity index is 2.00. The van der Waals surface area contributed by atoms with Crippen molar-refractivity contribution in [1.29, 1.82) is 0 Å². The van der Waals surface area contributed by atoms with E-state index in [-0.39, 0.29) is 34.9 Å². The Morgan fingerprint density at radius 2 is 1.97 bits per heavy atom. The number of aromatic hydroxyl groups is 1. The number of hydrogen-bond acceptors (Lipinski definition) is 6. The molecule has 0 aliphatic carbocycles. The second kappa shape index (κ2) is 9.17. The Kier molecular flexibility index (Phi) is 6.78. The fourth-order valence-corrected chi connectivity index (χ4v) is 4.17. The maximum atomic E-state index is 13.5. The van der Waals surface area contributed by atoms with Gasteiger partial charge in [0, 0.05) is 23.6 Å². The van der Waals surface area contributed by atoms with Crippen molar-refractivity contribution in [2.24, 2.45) is 0 Å². The predicted octanol–water partition coefficient (Wildman–Crippen LogP) is 4.72. The number of thiazole rings is 1. The zero-order valence-electron chi connectivity index (χ0n) is 17.0.